The van der Waals surface area contributed by atoms with Gasteiger partial charge in [0, 0.05) is 6.07 Å². The summed E-state index contributed by atoms with van der Waals surface area (Å²) in [5.41, 5.74) is -0.405. The van der Waals surface area contributed by atoms with Crippen molar-refractivity contribution in [3.63, 3.8) is 0 Å². The van der Waals surface area contributed by atoms with E-state index >= 15 is 0 Å². The summed E-state index contributed by atoms with van der Waals surface area (Å²) in [6.07, 6.45) is 2.95. The van der Waals surface area contributed by atoms with Crippen LogP contribution in [0.5, 0.6) is 0 Å². The summed E-state index contributed by atoms with van der Waals surface area (Å²) in [6.45, 7) is 2.15. The molecule has 1 aliphatic rings. The Labute approximate surface area is 113 Å². The zero-order valence-electron chi connectivity index (χ0n) is 9.89. The van der Waals surface area contributed by atoms with Crippen LogP contribution in [-0.4, -0.2) is 27.2 Å². The van der Waals surface area contributed by atoms with Gasteiger partial charge in [-0.1, -0.05) is 6.92 Å². The first-order chi connectivity index (χ1) is 8.46. The van der Waals surface area contributed by atoms with Gasteiger partial charge in [-0.05, 0) is 34.7 Å². The normalized spacial score (nSPS) is 26.5. The highest BCUT2D eigenvalue weighted by Gasteiger charge is 2.42. The number of halogens is 1. The fourth-order valence-electron chi connectivity index (χ4n) is 2.42. The summed E-state index contributed by atoms with van der Waals surface area (Å²) < 4.78 is 0.532. The molecule has 0 unspecified atom stereocenters. The van der Waals surface area contributed by atoms with Crippen molar-refractivity contribution in [3.05, 3.63) is 26.9 Å². The Morgan fingerprint density at radius 1 is 1.72 bits per heavy atom. The van der Waals surface area contributed by atoms with Crippen LogP contribution in [0.15, 0.2) is 16.7 Å². The van der Waals surface area contributed by atoms with Gasteiger partial charge in [0.25, 0.3) is 5.69 Å². The highest BCUT2D eigenvalue weighted by Crippen LogP contribution is 2.40. The number of rotatable bonds is 4. The van der Waals surface area contributed by atoms with E-state index in [1.54, 1.807) is 0 Å². The smallest absolute Gasteiger partial charge is 0.288 e. The van der Waals surface area contributed by atoms with Crippen LogP contribution in [-0.2, 0) is 0 Å². The van der Waals surface area contributed by atoms with Crippen molar-refractivity contribution < 1.29 is 10.0 Å². The van der Waals surface area contributed by atoms with Gasteiger partial charge in [-0.15, -0.1) is 0 Å². The van der Waals surface area contributed by atoms with E-state index in [2.05, 4.69) is 33.2 Å². The first-order valence-electron chi connectivity index (χ1n) is 5.65. The Morgan fingerprint density at radius 3 is 2.83 bits per heavy atom. The number of aliphatic hydroxyl groups excluding tert-OH is 1. The number of hydrogen-bond acceptors (Lipinski definition) is 5. The van der Waals surface area contributed by atoms with Crippen molar-refractivity contribution in [2.24, 2.45) is 5.92 Å². The van der Waals surface area contributed by atoms with E-state index in [9.17, 15) is 15.2 Å². The maximum absolute atomic E-state index is 10.6. The topological polar surface area (TPSA) is 88.3 Å². The number of aliphatic hydroxyl groups is 1. The third kappa shape index (κ3) is 2.46. The van der Waals surface area contributed by atoms with Crippen LogP contribution in [0.25, 0.3) is 0 Å². The first-order valence-corrected chi connectivity index (χ1v) is 6.44. The molecule has 0 saturated heterocycles. The molecule has 1 aromatic heterocycles. The number of pyridine rings is 1. The second-order valence-electron chi connectivity index (χ2n) is 4.86. The fourth-order valence-corrected chi connectivity index (χ4v) is 2.85. The molecule has 98 valence electrons. The number of aromatic nitrogens is 1. The molecule has 0 amide bonds. The van der Waals surface area contributed by atoms with E-state index in [-0.39, 0.29) is 17.8 Å². The van der Waals surface area contributed by atoms with Gasteiger partial charge < -0.3 is 10.4 Å². The third-order valence-electron chi connectivity index (χ3n) is 3.20. The molecule has 1 aliphatic carbocycles. The lowest BCUT2D eigenvalue weighted by Gasteiger charge is -2.46. The maximum Gasteiger partial charge on any atom is 0.288 e. The van der Waals surface area contributed by atoms with Gasteiger partial charge in [-0.3, -0.25) is 10.1 Å². The summed E-state index contributed by atoms with van der Waals surface area (Å²) in [7, 11) is 0. The Kier molecular flexibility index (Phi) is 3.54. The van der Waals surface area contributed by atoms with Crippen molar-refractivity contribution in [3.8, 4) is 0 Å². The molecular weight excluding hydrogens is 302 g/mol. The van der Waals surface area contributed by atoms with Crippen LogP contribution in [0, 0.1) is 16.0 Å². The Morgan fingerprint density at radius 2 is 2.39 bits per heavy atom. The summed E-state index contributed by atoms with van der Waals surface area (Å²) in [5.74, 6) is 1.10. The minimum atomic E-state index is -0.491. The summed E-state index contributed by atoms with van der Waals surface area (Å²) in [6, 6.07) is 1.41. The minimum absolute atomic E-state index is 0.0302. The average molecular weight is 316 g/mol. The second kappa shape index (κ2) is 4.81. The predicted molar refractivity (Wildman–Crippen MR) is 70.4 cm³/mol. The lowest BCUT2D eigenvalue weighted by atomic mass is 9.69. The van der Waals surface area contributed by atoms with E-state index in [1.807, 2.05) is 0 Å². The van der Waals surface area contributed by atoms with Gasteiger partial charge in [0.2, 0.25) is 0 Å². The third-order valence-corrected chi connectivity index (χ3v) is 3.81. The maximum atomic E-state index is 10.6. The molecule has 7 heteroatoms. The zero-order chi connectivity index (χ0) is 13.3. The Balaban J connectivity index is 2.17. The van der Waals surface area contributed by atoms with E-state index in [0.29, 0.717) is 16.2 Å². The largest absolute Gasteiger partial charge is 0.394 e. The fraction of sp³-hybridized carbons (Fsp3) is 0.545. The standard InChI is InChI=1S/C11H14BrN3O3/c1-7-3-11(4-7,6-16)14-10-9(12)2-8(5-13-10)15(17)18/h2,5,7,16H,3-4,6H2,1H3,(H,13,14). The van der Waals surface area contributed by atoms with Crippen LogP contribution in [0.3, 0.4) is 0 Å². The molecular formula is C11H14BrN3O3. The van der Waals surface area contributed by atoms with E-state index in [4.69, 9.17) is 0 Å². The van der Waals surface area contributed by atoms with Crippen molar-refractivity contribution in [1.82, 2.24) is 4.98 Å². The number of hydrogen-bond donors (Lipinski definition) is 2. The average Bonchev–Trinajstić information content (AvgIpc) is 2.28. The molecule has 1 saturated carbocycles. The molecule has 0 spiro atoms. The van der Waals surface area contributed by atoms with Crippen LogP contribution in [0.1, 0.15) is 19.8 Å². The monoisotopic (exact) mass is 315 g/mol. The number of anilines is 1. The Bertz CT molecular complexity index is 475. The van der Waals surface area contributed by atoms with E-state index in [1.165, 1.54) is 12.3 Å². The van der Waals surface area contributed by atoms with Crippen molar-refractivity contribution in [2.75, 3.05) is 11.9 Å². The minimum Gasteiger partial charge on any atom is -0.394 e. The molecule has 0 bridgehead atoms. The number of nitrogens with one attached hydrogen (secondary N) is 1. The van der Waals surface area contributed by atoms with Gasteiger partial charge in [0.15, 0.2) is 0 Å². The summed E-state index contributed by atoms with van der Waals surface area (Å²) in [4.78, 5) is 14.1. The first kappa shape index (κ1) is 13.2. The molecule has 0 aromatic carbocycles. The lowest BCUT2D eigenvalue weighted by Crippen LogP contribution is -2.52. The molecule has 18 heavy (non-hydrogen) atoms. The van der Waals surface area contributed by atoms with E-state index < -0.39 is 4.92 Å². The molecule has 0 radical (unpaired) electrons. The Hall–Kier alpha value is -1.21. The quantitative estimate of drug-likeness (QED) is 0.657. The molecule has 2 rings (SSSR count). The predicted octanol–water partition coefficient (Wildman–Crippen LogP) is 2.33. The zero-order valence-corrected chi connectivity index (χ0v) is 11.5. The van der Waals surface area contributed by atoms with Gasteiger partial charge in [0.05, 0.1) is 21.5 Å². The van der Waals surface area contributed by atoms with Crippen molar-refractivity contribution >= 4 is 27.4 Å². The van der Waals surface area contributed by atoms with Crippen LogP contribution in [0.2, 0.25) is 0 Å². The van der Waals surface area contributed by atoms with E-state index in [0.717, 1.165) is 12.8 Å². The van der Waals surface area contributed by atoms with Crippen LogP contribution in [0.4, 0.5) is 11.5 Å². The molecule has 6 nitrogen and oxygen atoms in total. The van der Waals surface area contributed by atoms with Crippen LogP contribution >= 0.6 is 15.9 Å². The highest BCUT2D eigenvalue weighted by molar-refractivity contribution is 9.10. The van der Waals surface area contributed by atoms with Gasteiger partial charge in [0.1, 0.15) is 12.0 Å². The number of nitrogens with zero attached hydrogens (tertiary/aromatic N) is 2. The molecule has 1 fully saturated rings. The molecule has 1 aromatic rings. The highest BCUT2D eigenvalue weighted by atomic mass is 79.9. The molecule has 0 atom stereocenters. The molecule has 1 heterocycles. The summed E-state index contributed by atoms with van der Waals surface area (Å²) in [5, 5.41) is 23.2. The molecule has 2 N–H and O–H groups in total. The van der Waals surface area contributed by atoms with Gasteiger partial charge >= 0.3 is 0 Å². The lowest BCUT2D eigenvalue weighted by molar-refractivity contribution is -0.385. The summed E-state index contributed by atoms with van der Waals surface area (Å²) >= 11 is 3.25. The second-order valence-corrected chi connectivity index (χ2v) is 5.71. The van der Waals surface area contributed by atoms with Crippen LogP contribution < -0.4 is 5.32 Å². The SMILES string of the molecule is CC1CC(CO)(Nc2ncc([N+](=O)[O-])cc2Br)C1. The van der Waals surface area contributed by atoms with Gasteiger partial charge in [-0.2, -0.15) is 0 Å². The van der Waals surface area contributed by atoms with Crippen molar-refractivity contribution in [2.45, 2.75) is 25.3 Å². The molecule has 0 aliphatic heterocycles. The number of nitro groups is 1. The van der Waals surface area contributed by atoms with Crippen molar-refractivity contribution in [1.29, 1.82) is 0 Å². The van der Waals surface area contributed by atoms with Gasteiger partial charge in [-0.25, -0.2) is 4.98 Å².